The Morgan fingerprint density at radius 3 is 2.24 bits per heavy atom. The number of hydrogen-bond acceptors (Lipinski definition) is 3. The minimum Gasteiger partial charge on any atom is -0.481 e. The number of aliphatic carboxylic acids is 1. The summed E-state index contributed by atoms with van der Waals surface area (Å²) in [6.45, 7) is 7.16. The Morgan fingerprint density at radius 1 is 1.35 bits per heavy atom. The Morgan fingerprint density at radius 2 is 1.88 bits per heavy atom. The summed E-state index contributed by atoms with van der Waals surface area (Å²) < 4.78 is 0. The van der Waals surface area contributed by atoms with Crippen molar-refractivity contribution in [3.05, 3.63) is 0 Å². The first-order valence-corrected chi connectivity index (χ1v) is 5.86. The molecule has 1 amide bonds. The molecule has 0 saturated heterocycles. The quantitative estimate of drug-likeness (QED) is 0.660. The Balaban J connectivity index is 2.54. The first-order chi connectivity index (χ1) is 7.63. The molecule has 0 radical (unpaired) electrons. The summed E-state index contributed by atoms with van der Waals surface area (Å²) >= 11 is 0. The number of hydrogen-bond donors (Lipinski definition) is 3. The van der Waals surface area contributed by atoms with Crippen LogP contribution in [-0.4, -0.2) is 34.2 Å². The maximum Gasteiger partial charge on any atom is 0.307 e. The van der Waals surface area contributed by atoms with Crippen molar-refractivity contribution in [1.29, 1.82) is 0 Å². The minimum atomic E-state index is -0.937. The lowest BCUT2D eigenvalue weighted by Crippen LogP contribution is -2.41. The van der Waals surface area contributed by atoms with E-state index in [0.717, 1.165) is 0 Å². The molecule has 1 aliphatic carbocycles. The summed E-state index contributed by atoms with van der Waals surface area (Å²) in [5, 5.41) is 21.3. The maximum atomic E-state index is 11.8. The highest BCUT2D eigenvalue weighted by Crippen LogP contribution is 2.58. The van der Waals surface area contributed by atoms with Crippen molar-refractivity contribution in [2.75, 3.05) is 6.54 Å². The van der Waals surface area contributed by atoms with Gasteiger partial charge in [0.2, 0.25) is 5.91 Å². The highest BCUT2D eigenvalue weighted by atomic mass is 16.4. The van der Waals surface area contributed by atoms with Crippen LogP contribution in [0.15, 0.2) is 0 Å². The van der Waals surface area contributed by atoms with Gasteiger partial charge in [0.05, 0.1) is 17.4 Å². The lowest BCUT2D eigenvalue weighted by atomic mass is 10.0. The van der Waals surface area contributed by atoms with E-state index in [9.17, 15) is 14.7 Å². The molecule has 1 fully saturated rings. The number of aliphatic hydroxyl groups is 1. The van der Waals surface area contributed by atoms with E-state index < -0.39 is 28.8 Å². The van der Waals surface area contributed by atoms with E-state index in [1.165, 1.54) is 0 Å². The van der Waals surface area contributed by atoms with Gasteiger partial charge in [-0.15, -0.1) is 0 Å². The van der Waals surface area contributed by atoms with Crippen LogP contribution < -0.4 is 5.32 Å². The molecule has 5 nitrogen and oxygen atoms in total. The molecule has 17 heavy (non-hydrogen) atoms. The van der Waals surface area contributed by atoms with Crippen LogP contribution in [0.1, 0.15) is 34.1 Å². The van der Waals surface area contributed by atoms with Gasteiger partial charge in [-0.3, -0.25) is 9.59 Å². The zero-order valence-electron chi connectivity index (χ0n) is 10.8. The largest absolute Gasteiger partial charge is 0.481 e. The Hall–Kier alpha value is -1.10. The normalized spacial score (nSPS) is 29.2. The molecule has 1 unspecified atom stereocenters. The van der Waals surface area contributed by atoms with Crippen LogP contribution in [0.2, 0.25) is 0 Å². The van der Waals surface area contributed by atoms with Gasteiger partial charge in [-0.2, -0.15) is 0 Å². The van der Waals surface area contributed by atoms with Crippen molar-refractivity contribution in [1.82, 2.24) is 5.32 Å². The number of nitrogens with one attached hydrogen (secondary N) is 1. The highest BCUT2D eigenvalue weighted by Gasteiger charge is 2.65. The van der Waals surface area contributed by atoms with Gasteiger partial charge in [0.15, 0.2) is 0 Å². The molecule has 0 aromatic carbocycles. The fraction of sp³-hybridized carbons (Fsp3) is 0.833. The van der Waals surface area contributed by atoms with E-state index in [1.807, 2.05) is 6.92 Å². The summed E-state index contributed by atoms with van der Waals surface area (Å²) in [6.07, 6.45) is 0.531. The number of carboxylic acids is 1. The van der Waals surface area contributed by atoms with Crippen molar-refractivity contribution in [2.24, 2.45) is 17.3 Å². The van der Waals surface area contributed by atoms with Gasteiger partial charge in [-0.05, 0) is 18.8 Å². The molecule has 1 aliphatic rings. The van der Waals surface area contributed by atoms with Crippen LogP contribution >= 0.6 is 0 Å². The van der Waals surface area contributed by atoms with Crippen molar-refractivity contribution in [3.63, 3.8) is 0 Å². The third-order valence-electron chi connectivity index (χ3n) is 3.78. The molecule has 1 rings (SSSR count). The van der Waals surface area contributed by atoms with Crippen molar-refractivity contribution < 1.29 is 19.8 Å². The standard InChI is InChI=1S/C12H21NO4/c1-5-12(4,17)6-13-9(14)7-8(10(15)16)11(7,2)3/h7-8,17H,5-6H2,1-4H3,(H,13,14)(H,15,16)/t7-,8+,12?/m1/s1. The molecule has 3 N–H and O–H groups in total. The van der Waals surface area contributed by atoms with Gasteiger partial charge in [-0.1, -0.05) is 20.8 Å². The van der Waals surface area contributed by atoms with Gasteiger partial charge in [0.25, 0.3) is 0 Å². The Labute approximate surface area is 101 Å². The SMILES string of the molecule is CCC(C)(O)CNC(=O)[C@H]1[C@@H](C(=O)O)C1(C)C. The zero-order chi connectivity index (χ0) is 13.4. The van der Waals surface area contributed by atoms with E-state index in [2.05, 4.69) is 5.32 Å². The van der Waals surface area contributed by atoms with Gasteiger partial charge in [0, 0.05) is 6.54 Å². The molecule has 3 atom stereocenters. The topological polar surface area (TPSA) is 86.6 Å². The number of amides is 1. The maximum absolute atomic E-state index is 11.8. The summed E-state index contributed by atoms with van der Waals surface area (Å²) in [5.41, 5.74) is -1.43. The molecule has 0 aromatic rings. The molecule has 0 spiro atoms. The first kappa shape index (κ1) is 14.0. The number of carbonyl (C=O) groups excluding carboxylic acids is 1. The number of carboxylic acid groups (broad SMARTS) is 1. The van der Waals surface area contributed by atoms with E-state index in [-0.39, 0.29) is 12.5 Å². The van der Waals surface area contributed by atoms with Crippen LogP contribution in [0.4, 0.5) is 0 Å². The van der Waals surface area contributed by atoms with Gasteiger partial charge < -0.3 is 15.5 Å². The molecular formula is C12H21NO4. The van der Waals surface area contributed by atoms with E-state index in [0.29, 0.717) is 6.42 Å². The van der Waals surface area contributed by atoms with Crippen molar-refractivity contribution >= 4 is 11.9 Å². The lowest BCUT2D eigenvalue weighted by Gasteiger charge is -2.21. The molecule has 0 aliphatic heterocycles. The van der Waals surface area contributed by atoms with E-state index in [4.69, 9.17) is 5.11 Å². The minimum absolute atomic E-state index is 0.154. The van der Waals surface area contributed by atoms with Crippen molar-refractivity contribution in [3.8, 4) is 0 Å². The van der Waals surface area contributed by atoms with Crippen LogP contribution in [0.25, 0.3) is 0 Å². The predicted octanol–water partition coefficient (Wildman–Crippen LogP) is 0.620. The van der Waals surface area contributed by atoms with Crippen LogP contribution in [0, 0.1) is 17.3 Å². The monoisotopic (exact) mass is 243 g/mol. The highest BCUT2D eigenvalue weighted by molar-refractivity contribution is 5.91. The molecule has 0 aromatic heterocycles. The summed E-state index contributed by atoms with van der Waals surface area (Å²) in [6, 6.07) is 0. The van der Waals surface area contributed by atoms with E-state index in [1.54, 1.807) is 20.8 Å². The fourth-order valence-electron chi connectivity index (χ4n) is 2.10. The average Bonchev–Trinajstić information content (AvgIpc) is 2.78. The molecule has 0 heterocycles. The zero-order valence-corrected chi connectivity index (χ0v) is 10.8. The average molecular weight is 243 g/mol. The van der Waals surface area contributed by atoms with Gasteiger partial charge in [-0.25, -0.2) is 0 Å². The molecule has 98 valence electrons. The smallest absolute Gasteiger partial charge is 0.307 e. The molecule has 1 saturated carbocycles. The second kappa shape index (κ2) is 4.29. The van der Waals surface area contributed by atoms with Crippen molar-refractivity contribution in [2.45, 2.75) is 39.7 Å². The third-order valence-corrected chi connectivity index (χ3v) is 3.78. The second-order valence-electron chi connectivity index (χ2n) is 5.68. The van der Waals surface area contributed by atoms with Gasteiger partial charge in [0.1, 0.15) is 0 Å². The third kappa shape index (κ3) is 2.77. The molecular weight excluding hydrogens is 222 g/mol. The lowest BCUT2D eigenvalue weighted by molar-refractivity contribution is -0.140. The summed E-state index contributed by atoms with van der Waals surface area (Å²) in [5.74, 6) is -2.32. The van der Waals surface area contributed by atoms with Crippen LogP contribution in [0.3, 0.4) is 0 Å². The molecule has 5 heteroatoms. The Kier molecular flexibility index (Phi) is 3.52. The fourth-order valence-corrected chi connectivity index (χ4v) is 2.10. The Bertz CT molecular complexity index is 335. The van der Waals surface area contributed by atoms with Gasteiger partial charge >= 0.3 is 5.97 Å². The van der Waals surface area contributed by atoms with Crippen LogP contribution in [0.5, 0.6) is 0 Å². The number of rotatable bonds is 5. The summed E-state index contributed by atoms with van der Waals surface area (Å²) in [7, 11) is 0. The predicted molar refractivity (Wildman–Crippen MR) is 62.3 cm³/mol. The number of carbonyl (C=O) groups is 2. The molecule has 0 bridgehead atoms. The second-order valence-corrected chi connectivity index (χ2v) is 5.68. The first-order valence-electron chi connectivity index (χ1n) is 5.86. The van der Waals surface area contributed by atoms with E-state index >= 15 is 0 Å². The van der Waals surface area contributed by atoms with Crippen LogP contribution in [-0.2, 0) is 9.59 Å². The summed E-state index contributed by atoms with van der Waals surface area (Å²) in [4.78, 5) is 22.7.